The first-order valence-corrected chi connectivity index (χ1v) is 12.6. The lowest BCUT2D eigenvalue weighted by Gasteiger charge is -2.11. The van der Waals surface area contributed by atoms with E-state index in [1.54, 1.807) is 42.1 Å². The van der Waals surface area contributed by atoms with Crippen LogP contribution in [0.25, 0.3) is 33.8 Å². The first-order chi connectivity index (χ1) is 19.3. The minimum Gasteiger partial charge on any atom is -0.480 e. The van der Waals surface area contributed by atoms with Crippen LogP contribution in [0.15, 0.2) is 43.0 Å². The zero-order valence-corrected chi connectivity index (χ0v) is 21.5. The van der Waals surface area contributed by atoms with E-state index in [-0.39, 0.29) is 18.1 Å². The third-order valence-electron chi connectivity index (χ3n) is 6.77. The van der Waals surface area contributed by atoms with Crippen LogP contribution in [0.5, 0.6) is 5.88 Å². The number of alkyl halides is 3. The molecule has 40 heavy (non-hydrogen) atoms. The van der Waals surface area contributed by atoms with Crippen LogP contribution in [0.4, 0.5) is 13.2 Å². The van der Waals surface area contributed by atoms with E-state index in [1.165, 1.54) is 18.0 Å². The van der Waals surface area contributed by atoms with Crippen LogP contribution in [0.3, 0.4) is 0 Å². The topological polar surface area (TPSA) is 120 Å². The second kappa shape index (κ2) is 9.71. The van der Waals surface area contributed by atoms with Gasteiger partial charge in [-0.25, -0.2) is 29.6 Å². The second-order valence-corrected chi connectivity index (χ2v) is 9.40. The number of fused-ring (bicyclic) bond motifs is 1. The zero-order chi connectivity index (χ0) is 28.0. The average molecular weight is 546 g/mol. The number of hydrogen-bond acceptors (Lipinski definition) is 8. The lowest BCUT2D eigenvalue weighted by atomic mass is 10.1. The van der Waals surface area contributed by atoms with Crippen molar-refractivity contribution in [3.05, 3.63) is 65.6 Å². The second-order valence-electron chi connectivity index (χ2n) is 9.40. The van der Waals surface area contributed by atoms with Gasteiger partial charge in [-0.05, 0) is 25.3 Å². The Hall–Kier alpha value is -4.86. The Morgan fingerprint density at radius 1 is 1.10 bits per heavy atom. The van der Waals surface area contributed by atoms with E-state index in [0.29, 0.717) is 46.3 Å². The summed E-state index contributed by atoms with van der Waals surface area (Å²) in [6, 6.07) is 9.11. The van der Waals surface area contributed by atoms with Crippen LogP contribution in [0.1, 0.15) is 48.3 Å². The molecule has 0 aliphatic heterocycles. The fraction of sp³-hybridized carbons (Fsp3) is 0.296. The lowest BCUT2D eigenvalue weighted by molar-refractivity contribution is -0.140. The highest BCUT2D eigenvalue weighted by atomic mass is 19.4. The average Bonchev–Trinajstić information content (AvgIpc) is 3.62. The molecule has 0 N–H and O–H groups in total. The van der Waals surface area contributed by atoms with Gasteiger partial charge in [-0.1, -0.05) is 24.3 Å². The molecular weight excluding hydrogens is 523 g/mol. The van der Waals surface area contributed by atoms with Gasteiger partial charge in [0.05, 0.1) is 24.7 Å². The van der Waals surface area contributed by atoms with Crippen LogP contribution in [-0.4, -0.2) is 46.4 Å². The molecule has 4 heterocycles. The van der Waals surface area contributed by atoms with Crippen molar-refractivity contribution in [3.63, 3.8) is 0 Å². The van der Waals surface area contributed by atoms with Gasteiger partial charge in [-0.3, -0.25) is 0 Å². The van der Waals surface area contributed by atoms with Crippen molar-refractivity contribution in [1.29, 1.82) is 5.26 Å². The minimum absolute atomic E-state index is 0.182. The van der Waals surface area contributed by atoms with Gasteiger partial charge < -0.3 is 9.30 Å². The van der Waals surface area contributed by atoms with Gasteiger partial charge in [0.25, 0.3) is 0 Å². The van der Waals surface area contributed by atoms with Gasteiger partial charge >= 0.3 is 6.18 Å². The number of methoxy groups -OCH3 is 1. The molecule has 4 aromatic heterocycles. The monoisotopic (exact) mass is 545 g/mol. The van der Waals surface area contributed by atoms with Crippen molar-refractivity contribution in [2.24, 2.45) is 0 Å². The number of rotatable bonds is 7. The lowest BCUT2D eigenvalue weighted by Crippen LogP contribution is -2.05. The van der Waals surface area contributed by atoms with Crippen LogP contribution < -0.4 is 4.74 Å². The molecule has 0 atom stereocenters. The van der Waals surface area contributed by atoms with E-state index in [0.717, 1.165) is 30.3 Å². The molecule has 0 amide bonds. The van der Waals surface area contributed by atoms with Gasteiger partial charge in [0.15, 0.2) is 22.9 Å². The highest BCUT2D eigenvalue weighted by Gasteiger charge is 2.35. The molecule has 10 nitrogen and oxygen atoms in total. The Bertz CT molecular complexity index is 1760. The van der Waals surface area contributed by atoms with Gasteiger partial charge in [-0.15, -0.1) is 0 Å². The third-order valence-corrected chi connectivity index (χ3v) is 6.77. The van der Waals surface area contributed by atoms with E-state index in [4.69, 9.17) is 9.72 Å². The summed E-state index contributed by atoms with van der Waals surface area (Å²) in [7, 11) is 1.53. The fourth-order valence-corrected chi connectivity index (χ4v) is 4.64. The van der Waals surface area contributed by atoms with Crippen molar-refractivity contribution in [3.8, 4) is 34.7 Å². The maximum Gasteiger partial charge on any atom is 0.434 e. The summed E-state index contributed by atoms with van der Waals surface area (Å²) >= 11 is 0. The third kappa shape index (κ3) is 4.51. The summed E-state index contributed by atoms with van der Waals surface area (Å²) in [5, 5.41) is 14.6. The predicted molar refractivity (Wildman–Crippen MR) is 137 cm³/mol. The van der Waals surface area contributed by atoms with Crippen LogP contribution in [0.2, 0.25) is 0 Å². The van der Waals surface area contributed by atoms with Crippen molar-refractivity contribution in [1.82, 2.24) is 39.3 Å². The molecule has 1 aliphatic carbocycles. The number of nitriles is 1. The molecule has 0 saturated heterocycles. The van der Waals surface area contributed by atoms with E-state index in [2.05, 4.69) is 31.1 Å². The summed E-state index contributed by atoms with van der Waals surface area (Å²) < 4.78 is 48.2. The number of benzene rings is 1. The largest absolute Gasteiger partial charge is 0.480 e. The molecule has 1 fully saturated rings. The summed E-state index contributed by atoms with van der Waals surface area (Å²) in [6.07, 6.45) is 1.55. The maximum absolute atomic E-state index is 13.2. The molecule has 1 aliphatic rings. The molecule has 0 radical (unpaired) electrons. The molecule has 0 bridgehead atoms. The van der Waals surface area contributed by atoms with Gasteiger partial charge in [0.1, 0.15) is 23.8 Å². The molecule has 202 valence electrons. The van der Waals surface area contributed by atoms with Crippen LogP contribution in [-0.2, 0) is 19.3 Å². The van der Waals surface area contributed by atoms with Gasteiger partial charge in [0.2, 0.25) is 5.88 Å². The normalized spacial score (nSPS) is 13.5. The molecule has 0 spiro atoms. The molecule has 6 rings (SSSR count). The van der Waals surface area contributed by atoms with E-state index in [9.17, 15) is 18.4 Å². The number of aryl methyl sites for hydroxylation is 1. The minimum atomic E-state index is -4.52. The molecule has 0 unspecified atom stereocenters. The Labute approximate surface area is 226 Å². The van der Waals surface area contributed by atoms with E-state index < -0.39 is 11.9 Å². The van der Waals surface area contributed by atoms with Crippen molar-refractivity contribution in [2.45, 2.75) is 44.9 Å². The Kier molecular flexibility index (Phi) is 6.17. The van der Waals surface area contributed by atoms with Gasteiger partial charge in [-0.2, -0.15) is 23.5 Å². The highest BCUT2D eigenvalue weighted by Crippen LogP contribution is 2.45. The summed E-state index contributed by atoms with van der Waals surface area (Å²) in [5.41, 5.74) is 2.51. The summed E-state index contributed by atoms with van der Waals surface area (Å²) in [5.74, 6) is 1.28. The van der Waals surface area contributed by atoms with E-state index in [1.807, 2.05) is 0 Å². The molecule has 1 aromatic carbocycles. The number of halogens is 3. The Morgan fingerprint density at radius 3 is 2.52 bits per heavy atom. The molecule has 13 heteroatoms. The molecule has 1 saturated carbocycles. The number of ether oxygens (including phenoxy) is 1. The fourth-order valence-electron chi connectivity index (χ4n) is 4.64. The van der Waals surface area contributed by atoms with Crippen molar-refractivity contribution >= 4 is 11.0 Å². The predicted octanol–water partition coefficient (Wildman–Crippen LogP) is 4.99. The van der Waals surface area contributed by atoms with Crippen LogP contribution in [0, 0.1) is 11.3 Å². The number of aromatic nitrogens is 8. The number of imidazole rings is 1. The first kappa shape index (κ1) is 25.4. The quantitative estimate of drug-likeness (QED) is 0.281. The summed E-state index contributed by atoms with van der Waals surface area (Å²) in [6.45, 7) is 2.37. The standard InChI is InChI=1S/C27H22F3N9O/c1-3-38-13-20(27(28,29)30)35-24(38)17-6-4-15(5-7-17)12-39-25-18(19(10-31)37-39)11-32-23(36-25)21-22(16-8-9-16)33-14-34-26(21)40-2/h4-7,11,13-14,16H,3,8-9,12H2,1-2H3. The molecular formula is C27H22F3N9O. The Balaban J connectivity index is 1.36. The number of nitrogens with zero attached hydrogens (tertiary/aromatic N) is 9. The smallest absolute Gasteiger partial charge is 0.434 e. The van der Waals surface area contributed by atoms with Crippen molar-refractivity contribution in [2.75, 3.05) is 7.11 Å². The van der Waals surface area contributed by atoms with Gasteiger partial charge in [0, 0.05) is 30.4 Å². The Morgan fingerprint density at radius 2 is 1.88 bits per heavy atom. The number of hydrogen-bond donors (Lipinski definition) is 0. The molecule has 5 aromatic rings. The zero-order valence-electron chi connectivity index (χ0n) is 21.5. The van der Waals surface area contributed by atoms with E-state index >= 15 is 0 Å². The first-order valence-electron chi connectivity index (χ1n) is 12.6. The van der Waals surface area contributed by atoms with Crippen molar-refractivity contribution < 1.29 is 17.9 Å². The SMILES string of the molecule is CCn1cc(C(F)(F)F)nc1-c1ccc(Cn2nc(C#N)c3cnc(-c4c(OC)ncnc4C4CC4)nc32)cc1. The summed E-state index contributed by atoms with van der Waals surface area (Å²) in [4.78, 5) is 21.8. The van der Waals surface area contributed by atoms with Crippen LogP contribution >= 0.6 is 0 Å². The maximum atomic E-state index is 13.2. The highest BCUT2D eigenvalue weighted by molar-refractivity contribution is 5.82.